The fourth-order valence-electron chi connectivity index (χ4n) is 3.57. The zero-order valence-electron chi connectivity index (χ0n) is 19.8. The minimum atomic E-state index is -0.435. The summed E-state index contributed by atoms with van der Waals surface area (Å²) >= 11 is 0. The Kier molecular flexibility index (Phi) is 6.99. The van der Waals surface area contributed by atoms with Crippen molar-refractivity contribution in [2.45, 2.75) is 39.3 Å². The van der Waals surface area contributed by atoms with Crippen molar-refractivity contribution < 1.29 is 4.79 Å². The minimum Gasteiger partial charge on any atom is -0.333 e. The lowest BCUT2D eigenvalue weighted by molar-refractivity contribution is 0.160. The molecule has 1 aromatic heterocycles. The van der Waals surface area contributed by atoms with Crippen LogP contribution in [0.1, 0.15) is 39.6 Å². The monoisotopic (exact) mass is 435 g/mol. The highest BCUT2D eigenvalue weighted by molar-refractivity contribution is 5.78. The molecule has 1 heterocycles. The van der Waals surface area contributed by atoms with Crippen LogP contribution < -0.4 is 10.9 Å². The number of hydrogen-bond acceptors (Lipinski definition) is 4. The molecule has 170 valence electrons. The van der Waals surface area contributed by atoms with Crippen LogP contribution in [0.15, 0.2) is 59.4 Å². The molecule has 0 aliphatic rings. The number of fused-ring (bicyclic) bond motifs is 1. The van der Waals surface area contributed by atoms with Gasteiger partial charge < -0.3 is 15.1 Å². The highest BCUT2D eigenvalue weighted by atomic mass is 16.2. The lowest BCUT2D eigenvalue weighted by Gasteiger charge is -2.34. The van der Waals surface area contributed by atoms with E-state index in [-0.39, 0.29) is 17.1 Å². The third kappa shape index (κ3) is 5.34. The smallest absolute Gasteiger partial charge is 0.318 e. The number of urea groups is 1. The van der Waals surface area contributed by atoms with Gasteiger partial charge in [-0.1, -0.05) is 30.3 Å². The van der Waals surface area contributed by atoms with Gasteiger partial charge in [-0.2, -0.15) is 0 Å². The second-order valence-corrected chi connectivity index (χ2v) is 9.32. The van der Waals surface area contributed by atoms with Crippen LogP contribution >= 0.6 is 0 Å². The number of nitrogens with zero attached hydrogens (tertiary/aromatic N) is 4. The summed E-state index contributed by atoms with van der Waals surface area (Å²) < 4.78 is 1.63. The van der Waals surface area contributed by atoms with Crippen molar-refractivity contribution in [3.05, 3.63) is 70.8 Å². The van der Waals surface area contributed by atoms with E-state index in [9.17, 15) is 9.59 Å². The van der Waals surface area contributed by atoms with Crippen LogP contribution in [0.2, 0.25) is 0 Å². The summed E-state index contributed by atoms with van der Waals surface area (Å²) in [6, 6.07) is 16.2. The number of nitrogens with one attached hydrogen (secondary N) is 1. The maximum absolute atomic E-state index is 13.5. The van der Waals surface area contributed by atoms with Crippen LogP contribution in [0, 0.1) is 0 Å². The Bertz CT molecular complexity index is 1130. The van der Waals surface area contributed by atoms with E-state index >= 15 is 0 Å². The molecule has 0 bridgehead atoms. The van der Waals surface area contributed by atoms with Crippen molar-refractivity contribution in [3.8, 4) is 5.69 Å². The molecule has 7 nitrogen and oxygen atoms in total. The Morgan fingerprint density at radius 2 is 1.66 bits per heavy atom. The predicted molar refractivity (Wildman–Crippen MR) is 129 cm³/mol. The van der Waals surface area contributed by atoms with Crippen molar-refractivity contribution in [1.82, 2.24) is 24.7 Å². The van der Waals surface area contributed by atoms with Crippen molar-refractivity contribution >= 4 is 16.9 Å². The van der Waals surface area contributed by atoms with Gasteiger partial charge in [0.1, 0.15) is 5.82 Å². The molecule has 1 N–H and O–H groups in total. The Morgan fingerprint density at radius 1 is 1.03 bits per heavy atom. The molecule has 0 radical (unpaired) electrons. The summed E-state index contributed by atoms with van der Waals surface area (Å²) in [5.41, 5.74) is 0.812. The molecule has 0 saturated heterocycles. The third-order valence-electron chi connectivity index (χ3n) is 5.19. The predicted octanol–water partition coefficient (Wildman–Crippen LogP) is 3.82. The number of carbonyl (C=O) groups excluding carboxylic acids is 1. The van der Waals surface area contributed by atoms with Crippen LogP contribution in [-0.2, 0) is 0 Å². The number of likely N-dealkylation sites (N-methyl/N-ethyl adjacent to an activating group) is 1. The van der Waals surface area contributed by atoms with E-state index < -0.39 is 6.04 Å². The van der Waals surface area contributed by atoms with Crippen LogP contribution in [0.4, 0.5) is 4.79 Å². The van der Waals surface area contributed by atoms with Gasteiger partial charge in [0.15, 0.2) is 0 Å². The highest BCUT2D eigenvalue weighted by Gasteiger charge is 2.28. The molecule has 32 heavy (non-hydrogen) atoms. The van der Waals surface area contributed by atoms with Gasteiger partial charge in [0.2, 0.25) is 0 Å². The molecule has 1 unspecified atom stereocenters. The van der Waals surface area contributed by atoms with E-state index in [4.69, 9.17) is 4.98 Å². The first-order valence-corrected chi connectivity index (χ1v) is 10.9. The number of carbonyl (C=O) groups is 1. The molecule has 0 aliphatic heterocycles. The van der Waals surface area contributed by atoms with E-state index in [2.05, 4.69) is 5.32 Å². The topological polar surface area (TPSA) is 70.5 Å². The third-order valence-corrected chi connectivity index (χ3v) is 5.19. The largest absolute Gasteiger partial charge is 0.333 e. The molecule has 0 fully saturated rings. The molecule has 0 aliphatic carbocycles. The molecule has 2 amide bonds. The average molecular weight is 436 g/mol. The molecule has 3 aromatic rings. The maximum atomic E-state index is 13.5. The summed E-state index contributed by atoms with van der Waals surface area (Å²) in [6.45, 7) is 8.96. The molecular formula is C25H33N5O2. The molecule has 7 heteroatoms. The van der Waals surface area contributed by atoms with E-state index in [0.29, 0.717) is 29.8 Å². The van der Waals surface area contributed by atoms with Gasteiger partial charge in [0.25, 0.3) is 5.56 Å². The average Bonchev–Trinajstić information content (AvgIpc) is 2.72. The summed E-state index contributed by atoms with van der Waals surface area (Å²) in [6.07, 6.45) is 0. The fraction of sp³-hybridized carbons (Fsp3) is 0.400. The van der Waals surface area contributed by atoms with Crippen molar-refractivity contribution in [1.29, 1.82) is 0 Å². The summed E-state index contributed by atoms with van der Waals surface area (Å²) in [7, 11) is 3.94. The van der Waals surface area contributed by atoms with Gasteiger partial charge in [-0.3, -0.25) is 9.36 Å². The second kappa shape index (κ2) is 9.53. The lowest BCUT2D eigenvalue weighted by atomic mass is 10.1. The quantitative estimate of drug-likeness (QED) is 0.639. The molecular weight excluding hydrogens is 402 g/mol. The van der Waals surface area contributed by atoms with Crippen LogP contribution in [-0.4, -0.2) is 58.1 Å². The number of amides is 2. The minimum absolute atomic E-state index is 0.146. The van der Waals surface area contributed by atoms with Gasteiger partial charge in [0.05, 0.1) is 22.6 Å². The molecule has 0 spiro atoms. The number of benzene rings is 2. The first-order chi connectivity index (χ1) is 15.1. The van der Waals surface area contributed by atoms with Crippen molar-refractivity contribution in [2.75, 3.05) is 27.2 Å². The van der Waals surface area contributed by atoms with Gasteiger partial charge in [-0.05, 0) is 66.1 Å². The number of aromatic nitrogens is 2. The summed E-state index contributed by atoms with van der Waals surface area (Å²) in [5.74, 6) is 0.530. The van der Waals surface area contributed by atoms with Crippen LogP contribution in [0.25, 0.3) is 16.6 Å². The Hall–Kier alpha value is -3.19. The Labute approximate surface area is 189 Å². The fourth-order valence-corrected chi connectivity index (χ4v) is 3.57. The second-order valence-electron chi connectivity index (χ2n) is 9.32. The summed E-state index contributed by atoms with van der Waals surface area (Å²) in [5, 5.41) is 3.61. The zero-order valence-corrected chi connectivity index (χ0v) is 19.8. The first-order valence-electron chi connectivity index (χ1n) is 10.9. The number of hydrogen-bond donors (Lipinski definition) is 1. The van der Waals surface area contributed by atoms with Gasteiger partial charge in [-0.25, -0.2) is 9.78 Å². The Morgan fingerprint density at radius 3 is 2.28 bits per heavy atom. The van der Waals surface area contributed by atoms with E-state index in [1.54, 1.807) is 15.5 Å². The maximum Gasteiger partial charge on any atom is 0.318 e. The molecule has 3 rings (SSSR count). The molecule has 1 atom stereocenters. The normalized spacial score (nSPS) is 12.7. The van der Waals surface area contributed by atoms with Crippen molar-refractivity contribution in [2.24, 2.45) is 0 Å². The molecule has 0 saturated carbocycles. The Balaban J connectivity index is 2.17. The van der Waals surface area contributed by atoms with Gasteiger partial charge in [0, 0.05) is 18.6 Å². The molecule has 2 aromatic carbocycles. The van der Waals surface area contributed by atoms with Crippen molar-refractivity contribution in [3.63, 3.8) is 0 Å². The zero-order chi connectivity index (χ0) is 23.5. The SMILES string of the molecule is CC(c1nc2ccccc2c(=O)n1-c1ccccc1)N(CCN(C)C)C(=O)NC(C)(C)C. The van der Waals surface area contributed by atoms with E-state index in [0.717, 1.165) is 5.69 Å². The van der Waals surface area contributed by atoms with Crippen LogP contribution in [0.5, 0.6) is 0 Å². The highest BCUT2D eigenvalue weighted by Crippen LogP contribution is 2.23. The van der Waals surface area contributed by atoms with E-state index in [1.807, 2.05) is 95.2 Å². The lowest BCUT2D eigenvalue weighted by Crippen LogP contribution is -2.51. The van der Waals surface area contributed by atoms with Gasteiger partial charge >= 0.3 is 6.03 Å². The number of rotatable bonds is 6. The van der Waals surface area contributed by atoms with E-state index in [1.165, 1.54) is 0 Å². The van der Waals surface area contributed by atoms with Crippen LogP contribution in [0.3, 0.4) is 0 Å². The summed E-state index contributed by atoms with van der Waals surface area (Å²) in [4.78, 5) is 35.4. The number of para-hydroxylation sites is 2. The standard InChI is InChI=1S/C25H33N5O2/c1-18(29(17-16-28(5)6)24(32)27-25(2,3)4)22-26-21-15-11-10-14-20(21)23(31)30(22)19-12-8-7-9-13-19/h7-15,18H,16-17H2,1-6H3,(H,27,32). The first kappa shape index (κ1) is 23.5. The van der Waals surface area contributed by atoms with Gasteiger partial charge in [-0.15, -0.1) is 0 Å².